The van der Waals surface area contributed by atoms with Crippen molar-refractivity contribution in [1.29, 1.82) is 0 Å². The van der Waals surface area contributed by atoms with E-state index in [4.69, 9.17) is 10.8 Å². The molecule has 1 aromatic heterocycles. The minimum absolute atomic E-state index is 0.123. The second-order valence-electron chi connectivity index (χ2n) is 4.11. The molecule has 0 aliphatic carbocycles. The Bertz CT molecular complexity index is 685. The van der Waals surface area contributed by atoms with E-state index >= 15 is 0 Å². The quantitative estimate of drug-likeness (QED) is 0.724. The number of aromatic carboxylic acids is 1. The van der Waals surface area contributed by atoms with Crippen LogP contribution in [0.1, 0.15) is 16.2 Å². The molecule has 9 heteroatoms. The predicted molar refractivity (Wildman–Crippen MR) is 69.9 cm³/mol. The number of carbonyl (C=O) groups excluding carboxylic acids is 1. The Hall–Kier alpha value is -2.81. The van der Waals surface area contributed by atoms with E-state index in [0.29, 0.717) is 0 Å². The zero-order valence-electron chi connectivity index (χ0n) is 10.8. The Morgan fingerprint density at radius 3 is 2.81 bits per heavy atom. The first kappa shape index (κ1) is 14.6. The molecule has 4 N–H and O–H groups in total. The van der Waals surface area contributed by atoms with Crippen molar-refractivity contribution in [2.24, 2.45) is 5.73 Å². The molecule has 2 aromatic rings. The van der Waals surface area contributed by atoms with Gasteiger partial charge in [0.25, 0.3) is 0 Å². The van der Waals surface area contributed by atoms with E-state index < -0.39 is 17.7 Å². The molecule has 0 aliphatic heterocycles. The highest BCUT2D eigenvalue weighted by molar-refractivity contribution is 5.91. The number of amides is 1. The molecule has 1 aromatic carbocycles. The Kier molecular flexibility index (Phi) is 4.24. The van der Waals surface area contributed by atoms with Gasteiger partial charge in [0.15, 0.2) is 5.69 Å². The maximum absolute atomic E-state index is 13.0. The highest BCUT2D eigenvalue weighted by Crippen LogP contribution is 2.10. The summed E-state index contributed by atoms with van der Waals surface area (Å²) < 4.78 is 14.1. The monoisotopic (exact) mass is 293 g/mol. The summed E-state index contributed by atoms with van der Waals surface area (Å²) in [7, 11) is 0. The smallest absolute Gasteiger partial charge is 0.358 e. The van der Waals surface area contributed by atoms with Crippen LogP contribution in [0.2, 0.25) is 0 Å². The van der Waals surface area contributed by atoms with Crippen molar-refractivity contribution >= 4 is 17.6 Å². The van der Waals surface area contributed by atoms with Gasteiger partial charge in [-0.05, 0) is 18.2 Å². The van der Waals surface area contributed by atoms with Gasteiger partial charge in [-0.25, -0.2) is 13.9 Å². The Labute approximate surface area is 118 Å². The molecule has 0 aliphatic rings. The van der Waals surface area contributed by atoms with Gasteiger partial charge in [-0.15, -0.1) is 5.10 Å². The molecule has 0 saturated carbocycles. The van der Waals surface area contributed by atoms with Crippen molar-refractivity contribution in [2.45, 2.75) is 13.1 Å². The number of hydrogen-bond acceptors (Lipinski definition) is 5. The van der Waals surface area contributed by atoms with Crippen LogP contribution in [-0.2, 0) is 17.9 Å². The van der Waals surface area contributed by atoms with Crippen LogP contribution in [0.25, 0.3) is 0 Å². The lowest BCUT2D eigenvalue weighted by molar-refractivity contribution is -0.117. The summed E-state index contributed by atoms with van der Waals surface area (Å²) in [6.07, 6.45) is 0. The zero-order valence-corrected chi connectivity index (χ0v) is 10.8. The molecule has 0 bridgehead atoms. The van der Waals surface area contributed by atoms with Gasteiger partial charge >= 0.3 is 5.97 Å². The summed E-state index contributed by atoms with van der Waals surface area (Å²) in [6.45, 7) is -0.398. The lowest BCUT2D eigenvalue weighted by atomic mass is 10.3. The normalized spacial score (nSPS) is 10.4. The second kappa shape index (κ2) is 6.09. The van der Waals surface area contributed by atoms with Gasteiger partial charge in [0.2, 0.25) is 5.91 Å². The van der Waals surface area contributed by atoms with Crippen LogP contribution in [0.4, 0.5) is 10.1 Å². The van der Waals surface area contributed by atoms with E-state index in [1.165, 1.54) is 18.2 Å². The van der Waals surface area contributed by atoms with Gasteiger partial charge in [0, 0.05) is 12.2 Å². The lowest BCUT2D eigenvalue weighted by Gasteiger charge is -2.07. The molecule has 2 rings (SSSR count). The number of nitrogens with one attached hydrogen (secondary N) is 1. The largest absolute Gasteiger partial charge is 0.476 e. The number of aromatic nitrogens is 3. The van der Waals surface area contributed by atoms with Crippen molar-refractivity contribution in [3.63, 3.8) is 0 Å². The number of rotatable bonds is 5. The highest BCUT2D eigenvalue weighted by Gasteiger charge is 2.19. The minimum atomic E-state index is -1.27. The third-order valence-electron chi connectivity index (χ3n) is 2.64. The van der Waals surface area contributed by atoms with Crippen LogP contribution in [0.5, 0.6) is 0 Å². The van der Waals surface area contributed by atoms with E-state index in [1.54, 1.807) is 0 Å². The fourth-order valence-corrected chi connectivity index (χ4v) is 1.73. The Morgan fingerprint density at radius 1 is 1.43 bits per heavy atom. The first-order valence-electron chi connectivity index (χ1n) is 5.92. The number of nitrogens with zero attached hydrogens (tertiary/aromatic N) is 3. The fourth-order valence-electron chi connectivity index (χ4n) is 1.73. The molecule has 0 unspecified atom stereocenters. The van der Waals surface area contributed by atoms with Gasteiger partial charge in [-0.1, -0.05) is 11.3 Å². The number of carboxylic acids is 1. The average Bonchev–Trinajstić information content (AvgIpc) is 2.81. The number of anilines is 1. The lowest BCUT2D eigenvalue weighted by Crippen LogP contribution is -2.22. The summed E-state index contributed by atoms with van der Waals surface area (Å²) in [6, 6.07) is 5.38. The van der Waals surface area contributed by atoms with E-state index in [-0.39, 0.29) is 30.2 Å². The number of carboxylic acid groups (broad SMARTS) is 1. The van der Waals surface area contributed by atoms with Gasteiger partial charge in [-0.2, -0.15) is 0 Å². The Balaban J connectivity index is 2.11. The maximum Gasteiger partial charge on any atom is 0.358 e. The summed E-state index contributed by atoms with van der Waals surface area (Å²) in [4.78, 5) is 22.7. The molecule has 1 amide bonds. The van der Waals surface area contributed by atoms with Crippen LogP contribution in [0, 0.1) is 5.82 Å². The van der Waals surface area contributed by atoms with Gasteiger partial charge in [0.1, 0.15) is 12.4 Å². The van der Waals surface area contributed by atoms with Gasteiger partial charge in [0.05, 0.1) is 5.69 Å². The molecule has 0 fully saturated rings. The van der Waals surface area contributed by atoms with Crippen molar-refractivity contribution in [3.8, 4) is 0 Å². The third kappa shape index (κ3) is 3.39. The maximum atomic E-state index is 13.0. The first-order chi connectivity index (χ1) is 10.0. The van der Waals surface area contributed by atoms with E-state index in [9.17, 15) is 14.0 Å². The molecule has 0 atom stereocenters. The number of carbonyl (C=O) groups is 2. The van der Waals surface area contributed by atoms with Crippen LogP contribution in [0.15, 0.2) is 24.3 Å². The highest BCUT2D eigenvalue weighted by atomic mass is 19.1. The van der Waals surface area contributed by atoms with Crippen molar-refractivity contribution in [1.82, 2.24) is 15.0 Å². The molecule has 8 nitrogen and oxygen atoms in total. The standard InChI is InChI=1S/C12H12FN5O3/c13-7-2-1-3-8(4-7)15-10(19)6-18-9(5-14)11(12(20)21)16-17-18/h1-4H,5-6,14H2,(H,15,19)(H,20,21). The van der Waals surface area contributed by atoms with Gasteiger partial charge < -0.3 is 16.2 Å². The van der Waals surface area contributed by atoms with Crippen molar-refractivity contribution in [3.05, 3.63) is 41.5 Å². The van der Waals surface area contributed by atoms with Crippen LogP contribution >= 0.6 is 0 Å². The van der Waals surface area contributed by atoms with E-state index in [2.05, 4.69) is 15.6 Å². The summed E-state index contributed by atoms with van der Waals surface area (Å²) in [5.41, 5.74) is 5.56. The van der Waals surface area contributed by atoms with E-state index in [1.807, 2.05) is 0 Å². The summed E-state index contributed by atoms with van der Waals surface area (Å²) in [5.74, 6) is -2.26. The number of hydrogen-bond donors (Lipinski definition) is 3. The number of benzene rings is 1. The SMILES string of the molecule is NCc1c(C(=O)O)nnn1CC(=O)Nc1cccc(F)c1. The van der Waals surface area contributed by atoms with Gasteiger partial charge in [-0.3, -0.25) is 4.79 Å². The first-order valence-corrected chi connectivity index (χ1v) is 5.92. The molecular weight excluding hydrogens is 281 g/mol. The minimum Gasteiger partial charge on any atom is -0.476 e. The number of halogens is 1. The zero-order chi connectivity index (χ0) is 15.4. The van der Waals surface area contributed by atoms with E-state index in [0.717, 1.165) is 10.7 Å². The molecule has 0 radical (unpaired) electrons. The molecule has 110 valence electrons. The summed E-state index contributed by atoms with van der Waals surface area (Å²) >= 11 is 0. The molecular formula is C12H12FN5O3. The van der Waals surface area contributed by atoms with Crippen molar-refractivity contribution < 1.29 is 19.1 Å². The Morgan fingerprint density at radius 2 is 2.19 bits per heavy atom. The molecule has 1 heterocycles. The summed E-state index contributed by atoms with van der Waals surface area (Å²) in [5, 5.41) is 18.4. The molecule has 0 saturated heterocycles. The van der Waals surface area contributed by atoms with Crippen LogP contribution in [0.3, 0.4) is 0 Å². The number of nitrogens with two attached hydrogens (primary N) is 1. The van der Waals surface area contributed by atoms with Crippen LogP contribution in [-0.4, -0.2) is 32.0 Å². The third-order valence-corrected chi connectivity index (χ3v) is 2.64. The second-order valence-corrected chi connectivity index (χ2v) is 4.11. The topological polar surface area (TPSA) is 123 Å². The van der Waals surface area contributed by atoms with Crippen LogP contribution < -0.4 is 11.1 Å². The van der Waals surface area contributed by atoms with Crippen molar-refractivity contribution in [2.75, 3.05) is 5.32 Å². The fraction of sp³-hybridized carbons (Fsp3) is 0.167. The molecule has 21 heavy (non-hydrogen) atoms. The molecule has 0 spiro atoms. The predicted octanol–water partition coefficient (Wildman–Crippen LogP) is 0.213. The average molecular weight is 293 g/mol.